The SMILES string of the molecule is C[C@@H](CO)NC1c2ccccc2CCc2ccccc21. The number of aryl methyl sites for hydroxylation is 2. The third-order valence-electron chi connectivity index (χ3n) is 4.12. The van der Waals surface area contributed by atoms with E-state index in [0.717, 1.165) is 12.8 Å². The lowest BCUT2D eigenvalue weighted by atomic mass is 9.94. The highest BCUT2D eigenvalue weighted by Gasteiger charge is 2.23. The molecular weight excluding hydrogens is 246 g/mol. The van der Waals surface area contributed by atoms with E-state index in [4.69, 9.17) is 0 Å². The highest BCUT2D eigenvalue weighted by Crippen LogP contribution is 2.32. The Balaban J connectivity index is 2.09. The average molecular weight is 267 g/mol. The van der Waals surface area contributed by atoms with Crippen LogP contribution < -0.4 is 5.32 Å². The molecule has 104 valence electrons. The van der Waals surface area contributed by atoms with E-state index in [1.165, 1.54) is 22.3 Å². The van der Waals surface area contributed by atoms with Crippen LogP contribution in [0, 0.1) is 0 Å². The van der Waals surface area contributed by atoms with Gasteiger partial charge in [0.2, 0.25) is 0 Å². The predicted molar refractivity (Wildman–Crippen MR) is 81.8 cm³/mol. The van der Waals surface area contributed by atoms with Crippen LogP contribution in [0.15, 0.2) is 48.5 Å². The van der Waals surface area contributed by atoms with Crippen molar-refractivity contribution in [2.75, 3.05) is 6.61 Å². The Morgan fingerprint density at radius 2 is 1.50 bits per heavy atom. The first-order valence-electron chi connectivity index (χ1n) is 7.32. The van der Waals surface area contributed by atoms with Gasteiger partial charge in [0.25, 0.3) is 0 Å². The number of hydrogen-bond acceptors (Lipinski definition) is 2. The Morgan fingerprint density at radius 3 is 2.00 bits per heavy atom. The molecule has 0 unspecified atom stereocenters. The van der Waals surface area contributed by atoms with Gasteiger partial charge in [-0.25, -0.2) is 0 Å². The molecule has 2 nitrogen and oxygen atoms in total. The van der Waals surface area contributed by atoms with E-state index in [2.05, 4.69) is 53.8 Å². The molecule has 1 atom stereocenters. The van der Waals surface area contributed by atoms with Crippen molar-refractivity contribution in [3.8, 4) is 0 Å². The zero-order chi connectivity index (χ0) is 13.9. The molecule has 0 fully saturated rings. The molecule has 20 heavy (non-hydrogen) atoms. The largest absolute Gasteiger partial charge is 0.395 e. The Hall–Kier alpha value is -1.64. The molecule has 0 saturated carbocycles. The van der Waals surface area contributed by atoms with Crippen molar-refractivity contribution >= 4 is 0 Å². The van der Waals surface area contributed by atoms with Crippen LogP contribution in [-0.2, 0) is 12.8 Å². The Morgan fingerprint density at radius 1 is 1.00 bits per heavy atom. The van der Waals surface area contributed by atoms with E-state index in [9.17, 15) is 5.11 Å². The summed E-state index contributed by atoms with van der Waals surface area (Å²) < 4.78 is 0. The molecule has 3 rings (SSSR count). The third kappa shape index (κ3) is 2.49. The van der Waals surface area contributed by atoms with Gasteiger partial charge in [-0.15, -0.1) is 0 Å². The fourth-order valence-corrected chi connectivity index (χ4v) is 3.04. The molecule has 1 aliphatic rings. The lowest BCUT2D eigenvalue weighted by Crippen LogP contribution is -2.34. The quantitative estimate of drug-likeness (QED) is 0.896. The van der Waals surface area contributed by atoms with Gasteiger partial charge in [0, 0.05) is 6.04 Å². The minimum atomic E-state index is 0.0826. The predicted octanol–water partition coefficient (Wildman–Crippen LogP) is 2.85. The van der Waals surface area contributed by atoms with Crippen LogP contribution in [-0.4, -0.2) is 17.8 Å². The van der Waals surface area contributed by atoms with Crippen molar-refractivity contribution in [3.63, 3.8) is 0 Å². The molecule has 0 heterocycles. The Bertz CT molecular complexity index is 546. The second-order valence-corrected chi connectivity index (χ2v) is 5.58. The molecule has 2 N–H and O–H groups in total. The summed E-state index contributed by atoms with van der Waals surface area (Å²) in [5.74, 6) is 0. The number of nitrogens with one attached hydrogen (secondary N) is 1. The minimum absolute atomic E-state index is 0.0826. The van der Waals surface area contributed by atoms with Crippen molar-refractivity contribution in [1.29, 1.82) is 0 Å². The number of aliphatic hydroxyl groups is 1. The monoisotopic (exact) mass is 267 g/mol. The number of aliphatic hydroxyl groups excluding tert-OH is 1. The maximum atomic E-state index is 9.37. The van der Waals surface area contributed by atoms with Crippen LogP contribution in [0.25, 0.3) is 0 Å². The van der Waals surface area contributed by atoms with Crippen molar-refractivity contribution in [3.05, 3.63) is 70.8 Å². The normalized spacial score (nSPS) is 16.1. The highest BCUT2D eigenvalue weighted by molar-refractivity contribution is 5.44. The molecule has 0 saturated heterocycles. The highest BCUT2D eigenvalue weighted by atomic mass is 16.3. The number of benzene rings is 2. The maximum absolute atomic E-state index is 9.37. The van der Waals surface area contributed by atoms with Gasteiger partial charge in [-0.3, -0.25) is 0 Å². The number of rotatable bonds is 3. The van der Waals surface area contributed by atoms with Crippen molar-refractivity contribution < 1.29 is 5.11 Å². The molecule has 0 amide bonds. The second kappa shape index (κ2) is 5.78. The molecule has 0 aliphatic heterocycles. The van der Waals surface area contributed by atoms with E-state index in [1.54, 1.807) is 0 Å². The number of hydrogen-bond donors (Lipinski definition) is 2. The van der Waals surface area contributed by atoms with Crippen LogP contribution in [0.4, 0.5) is 0 Å². The first-order chi connectivity index (χ1) is 9.79. The van der Waals surface area contributed by atoms with Crippen molar-refractivity contribution in [2.24, 2.45) is 0 Å². The van der Waals surface area contributed by atoms with Crippen LogP contribution >= 0.6 is 0 Å². The van der Waals surface area contributed by atoms with Gasteiger partial charge < -0.3 is 10.4 Å². The van der Waals surface area contributed by atoms with E-state index in [1.807, 2.05) is 6.92 Å². The minimum Gasteiger partial charge on any atom is -0.395 e. The van der Waals surface area contributed by atoms with Crippen molar-refractivity contribution in [2.45, 2.75) is 31.8 Å². The molecule has 0 radical (unpaired) electrons. The summed E-state index contributed by atoms with van der Waals surface area (Å²) in [6, 6.07) is 17.5. The number of fused-ring (bicyclic) bond motifs is 2. The van der Waals surface area contributed by atoms with E-state index in [0.29, 0.717) is 0 Å². The van der Waals surface area contributed by atoms with Gasteiger partial charge in [-0.2, -0.15) is 0 Å². The standard InChI is InChI=1S/C18H21NO/c1-13(12-20)19-18-16-8-4-2-6-14(16)10-11-15-7-3-5-9-17(15)18/h2-9,13,18-20H,10-12H2,1H3/t13-/m0/s1. The van der Waals surface area contributed by atoms with Crippen LogP contribution in [0.3, 0.4) is 0 Å². The fourth-order valence-electron chi connectivity index (χ4n) is 3.04. The van der Waals surface area contributed by atoms with Gasteiger partial charge in [-0.05, 0) is 42.0 Å². The molecule has 2 aromatic rings. The van der Waals surface area contributed by atoms with Crippen molar-refractivity contribution in [1.82, 2.24) is 5.32 Å². The summed E-state index contributed by atoms with van der Waals surface area (Å²) in [5, 5.41) is 12.9. The zero-order valence-electron chi connectivity index (χ0n) is 11.8. The summed E-state index contributed by atoms with van der Waals surface area (Å²) >= 11 is 0. The summed E-state index contributed by atoms with van der Waals surface area (Å²) in [4.78, 5) is 0. The molecule has 0 bridgehead atoms. The average Bonchev–Trinajstić information content (AvgIpc) is 2.65. The smallest absolute Gasteiger partial charge is 0.0584 e. The van der Waals surface area contributed by atoms with E-state index in [-0.39, 0.29) is 18.7 Å². The van der Waals surface area contributed by atoms with E-state index >= 15 is 0 Å². The summed E-state index contributed by atoms with van der Waals surface area (Å²) in [6.45, 7) is 2.18. The molecule has 2 aromatic carbocycles. The molecule has 1 aliphatic carbocycles. The van der Waals surface area contributed by atoms with E-state index < -0.39 is 0 Å². The molecular formula is C18H21NO. The summed E-state index contributed by atoms with van der Waals surface area (Å²) in [7, 11) is 0. The van der Waals surface area contributed by atoms with Gasteiger partial charge >= 0.3 is 0 Å². The lowest BCUT2D eigenvalue weighted by molar-refractivity contribution is 0.245. The Kier molecular flexibility index (Phi) is 3.86. The zero-order valence-corrected chi connectivity index (χ0v) is 11.8. The molecule has 2 heteroatoms. The first kappa shape index (κ1) is 13.3. The topological polar surface area (TPSA) is 32.3 Å². The van der Waals surface area contributed by atoms with Gasteiger partial charge in [0.1, 0.15) is 0 Å². The molecule has 0 aromatic heterocycles. The van der Waals surface area contributed by atoms with Gasteiger partial charge in [-0.1, -0.05) is 48.5 Å². The molecule has 0 spiro atoms. The second-order valence-electron chi connectivity index (χ2n) is 5.58. The van der Waals surface area contributed by atoms with Crippen LogP contribution in [0.1, 0.15) is 35.2 Å². The van der Waals surface area contributed by atoms with Gasteiger partial charge in [0.15, 0.2) is 0 Å². The maximum Gasteiger partial charge on any atom is 0.0584 e. The van der Waals surface area contributed by atoms with Crippen LogP contribution in [0.5, 0.6) is 0 Å². The fraction of sp³-hybridized carbons (Fsp3) is 0.333. The lowest BCUT2D eigenvalue weighted by Gasteiger charge is -2.25. The first-order valence-corrected chi connectivity index (χ1v) is 7.32. The third-order valence-corrected chi connectivity index (χ3v) is 4.12. The van der Waals surface area contributed by atoms with Crippen LogP contribution in [0.2, 0.25) is 0 Å². The van der Waals surface area contributed by atoms with Gasteiger partial charge in [0.05, 0.1) is 12.6 Å². The summed E-state index contributed by atoms with van der Waals surface area (Å²) in [6.07, 6.45) is 2.16. The Labute approximate surface area is 120 Å². The summed E-state index contributed by atoms with van der Waals surface area (Å²) in [5.41, 5.74) is 5.51.